The molecule has 0 saturated carbocycles. The maximum Gasteiger partial charge on any atom is 0.410 e. The number of ether oxygens (including phenoxy) is 2. The number of rotatable bonds is 26. The molecule has 9 amide bonds. The summed E-state index contributed by atoms with van der Waals surface area (Å²) in [5.41, 5.74) is 5.42. The van der Waals surface area contributed by atoms with Gasteiger partial charge in [0.05, 0.1) is 42.9 Å². The molecule has 7 atom stereocenters. The number of carbonyl (C=O) groups excluding carboxylic acids is 8. The fourth-order valence-electron chi connectivity index (χ4n) is 11.1. The number of benzene rings is 3. The lowest BCUT2D eigenvalue weighted by Crippen LogP contribution is -2.56. The molecule has 3 aliphatic heterocycles. The molecular formula is C62H79F4N11O10. The monoisotopic (exact) mass is 1210 g/mol. The van der Waals surface area contributed by atoms with Crippen LogP contribution >= 0.6 is 0 Å². The van der Waals surface area contributed by atoms with Crippen LogP contribution in [-0.4, -0.2) is 152 Å². The highest BCUT2D eigenvalue weighted by Gasteiger charge is 2.46. The van der Waals surface area contributed by atoms with Crippen LogP contribution in [0.3, 0.4) is 0 Å². The number of carbonyl (C=O) groups is 8. The van der Waals surface area contributed by atoms with Crippen molar-refractivity contribution in [1.29, 1.82) is 0 Å². The summed E-state index contributed by atoms with van der Waals surface area (Å²) in [6.07, 6.45) is 1.14. The van der Waals surface area contributed by atoms with Gasteiger partial charge in [0.15, 0.2) is 17.4 Å². The van der Waals surface area contributed by atoms with E-state index in [4.69, 9.17) is 20.2 Å². The van der Waals surface area contributed by atoms with Crippen LogP contribution in [0.4, 0.5) is 37.6 Å². The van der Waals surface area contributed by atoms with Crippen LogP contribution in [0.15, 0.2) is 78.9 Å². The summed E-state index contributed by atoms with van der Waals surface area (Å²) in [6.45, 7) is 12.4. The fraction of sp³-hybridized carbons (Fsp3) is 0.516. The van der Waals surface area contributed by atoms with Gasteiger partial charge < -0.3 is 45.9 Å². The third-order valence-corrected chi connectivity index (χ3v) is 15.4. The van der Waals surface area contributed by atoms with E-state index in [0.29, 0.717) is 42.5 Å². The normalized spacial score (nSPS) is 18.8. The lowest BCUT2D eigenvalue weighted by Gasteiger charge is -2.45. The van der Waals surface area contributed by atoms with Crippen LogP contribution in [0.25, 0.3) is 11.4 Å². The first-order chi connectivity index (χ1) is 41.2. The quantitative estimate of drug-likeness (QED) is 0.0263. The van der Waals surface area contributed by atoms with Crippen molar-refractivity contribution in [3.63, 3.8) is 0 Å². The Morgan fingerprint density at radius 2 is 1.53 bits per heavy atom. The Kier molecular flexibility index (Phi) is 22.8. The van der Waals surface area contributed by atoms with Crippen molar-refractivity contribution in [3.8, 4) is 11.4 Å². The van der Waals surface area contributed by atoms with E-state index in [1.54, 1.807) is 49.1 Å². The number of anilines is 1. The number of likely N-dealkylation sites (tertiary alicyclic amines) is 1. The van der Waals surface area contributed by atoms with E-state index in [9.17, 15) is 42.3 Å². The van der Waals surface area contributed by atoms with Gasteiger partial charge in [-0.25, -0.2) is 41.6 Å². The highest BCUT2D eigenvalue weighted by atomic mass is 19.1. The Labute approximate surface area is 503 Å². The van der Waals surface area contributed by atoms with Gasteiger partial charge in [0.1, 0.15) is 30.2 Å². The second-order valence-electron chi connectivity index (χ2n) is 24.1. The number of nitrogens with zero attached hydrogens (tertiary/aromatic N) is 7. The molecule has 5 N–H and O–H groups in total. The molecule has 0 radical (unpaired) electrons. The number of primary amides is 1. The average molecular weight is 1210 g/mol. The van der Waals surface area contributed by atoms with Crippen LogP contribution < -0.4 is 21.7 Å². The lowest BCUT2D eigenvalue weighted by atomic mass is 9.84. The first kappa shape index (κ1) is 66.3. The Bertz CT molecular complexity index is 3130. The maximum absolute atomic E-state index is 16.6. The van der Waals surface area contributed by atoms with E-state index in [0.717, 1.165) is 23.1 Å². The Morgan fingerprint density at radius 1 is 0.839 bits per heavy atom. The van der Waals surface area contributed by atoms with Gasteiger partial charge in [-0.2, -0.15) is 5.10 Å². The third kappa shape index (κ3) is 18.4. The van der Waals surface area contributed by atoms with E-state index in [1.807, 2.05) is 34.6 Å². The molecule has 7 rings (SSSR count). The van der Waals surface area contributed by atoms with Crippen molar-refractivity contribution in [2.75, 3.05) is 51.1 Å². The molecule has 0 bridgehead atoms. The number of amides is 9. The smallest absolute Gasteiger partial charge is 0.410 e. The second-order valence-corrected chi connectivity index (χ2v) is 24.1. The zero-order chi connectivity index (χ0) is 63.3. The molecule has 2 fully saturated rings. The molecule has 25 heteroatoms. The van der Waals surface area contributed by atoms with Crippen LogP contribution in [0.1, 0.15) is 116 Å². The average Bonchev–Trinajstić information content (AvgIpc) is 2.30. The molecular weight excluding hydrogens is 1130 g/mol. The molecule has 3 aromatic carbocycles. The van der Waals surface area contributed by atoms with E-state index < -0.39 is 77.0 Å². The van der Waals surface area contributed by atoms with Crippen molar-refractivity contribution in [1.82, 2.24) is 45.0 Å². The van der Waals surface area contributed by atoms with Crippen LogP contribution in [0, 0.1) is 40.6 Å². The van der Waals surface area contributed by atoms with Crippen LogP contribution in [-0.2, 0) is 46.6 Å². The minimum Gasteiger partial charge on any atom is -0.445 e. The predicted octanol–water partition coefficient (Wildman–Crippen LogP) is 8.22. The summed E-state index contributed by atoms with van der Waals surface area (Å²) in [7, 11) is 0. The molecule has 1 aromatic heterocycles. The molecule has 0 spiro atoms. The number of imide groups is 1. The second kappa shape index (κ2) is 29.9. The van der Waals surface area contributed by atoms with E-state index in [1.165, 1.54) is 44.8 Å². The Hall–Kier alpha value is -8.22. The number of nitrogens with two attached hydrogens (primary N) is 1. The topological polar surface area (TPSA) is 261 Å². The summed E-state index contributed by atoms with van der Waals surface area (Å²) >= 11 is 0. The van der Waals surface area contributed by atoms with Gasteiger partial charge in [-0.1, -0.05) is 65.3 Å². The largest absolute Gasteiger partial charge is 0.445 e. The van der Waals surface area contributed by atoms with Crippen LogP contribution in [0.2, 0.25) is 0 Å². The van der Waals surface area contributed by atoms with E-state index in [2.05, 4.69) is 21.0 Å². The Morgan fingerprint density at radius 3 is 2.18 bits per heavy atom. The number of nitrogens with one attached hydrogen (secondary N) is 3. The number of halogens is 4. The number of unbranched alkanes of at least 4 members (excludes halogenated alkanes) is 2. The molecule has 0 aliphatic carbocycles. The van der Waals surface area contributed by atoms with Gasteiger partial charge in [-0.3, -0.25) is 28.9 Å². The Balaban J connectivity index is 1.01. The van der Waals surface area contributed by atoms with Gasteiger partial charge in [0.2, 0.25) is 11.8 Å². The zero-order valence-electron chi connectivity index (χ0n) is 50.2. The molecule has 2 saturated heterocycles. The summed E-state index contributed by atoms with van der Waals surface area (Å²) in [6, 6.07) is 11.8. The summed E-state index contributed by atoms with van der Waals surface area (Å²) in [4.78, 5) is 115. The first-order valence-electron chi connectivity index (χ1n) is 29.4. The minimum absolute atomic E-state index is 0.0892. The van der Waals surface area contributed by atoms with Gasteiger partial charge >= 0.3 is 18.2 Å². The highest BCUT2D eigenvalue weighted by molar-refractivity contribution is 6.12. The molecule has 4 aromatic rings. The number of aromatic nitrogens is 3. The molecule has 4 heterocycles. The molecule has 470 valence electrons. The highest BCUT2D eigenvalue weighted by Crippen LogP contribution is 2.41. The van der Waals surface area contributed by atoms with Crippen molar-refractivity contribution in [2.24, 2.45) is 28.9 Å². The number of morpholine rings is 1. The number of alkyl halides is 1. The van der Waals surface area contributed by atoms with E-state index in [-0.39, 0.29) is 137 Å². The summed E-state index contributed by atoms with van der Waals surface area (Å²) < 4.78 is 74.4. The van der Waals surface area contributed by atoms with Gasteiger partial charge in [-0.05, 0) is 104 Å². The van der Waals surface area contributed by atoms with Gasteiger partial charge in [-0.15, -0.1) is 0 Å². The van der Waals surface area contributed by atoms with Gasteiger partial charge in [0, 0.05) is 81.8 Å². The molecule has 0 unspecified atom stereocenters. The number of hydrogen-bond donors (Lipinski definition) is 4. The minimum atomic E-state index is -1.64. The SMILES string of the molecule is CC(C)[C@H](NC(=O)CCCCCN1C(=O)C=CC1=O)C(=O)C[C@@H](CCCNC(N)=O)C(=O)Nc1ccc(COC(=O)N2C[C@@H](CN(C(=O)N3C[C@@H](C)O[C@@H](C)C3)[C@@H](c3nc(-c4cc(F)ccc4F)nn3Cc3cccc(F)c3)C(C)(C)C)[C@@H](F)C2)cc1. The third-order valence-electron chi connectivity index (χ3n) is 15.4. The van der Waals surface area contributed by atoms with Gasteiger partial charge in [0.25, 0.3) is 11.8 Å². The molecule has 87 heavy (non-hydrogen) atoms. The van der Waals surface area contributed by atoms with Crippen LogP contribution in [0.5, 0.6) is 0 Å². The van der Waals surface area contributed by atoms with Crippen molar-refractivity contribution in [2.45, 2.75) is 137 Å². The van der Waals surface area contributed by atoms with Crippen molar-refractivity contribution in [3.05, 3.63) is 113 Å². The number of urea groups is 2. The summed E-state index contributed by atoms with van der Waals surface area (Å²) in [5, 5.41) is 12.8. The number of ketones is 1. The van der Waals surface area contributed by atoms with Crippen molar-refractivity contribution < 1.29 is 65.4 Å². The number of Topliss-reactive ketones (excluding diaryl/α,β-unsaturated/α-hetero) is 1. The standard InChI is InChI=1S/C62H79F4N11O10/c1-37(2)54(70-51(79)16-9-8-10-26-75-52(80)23-24-53(75)81)50(78)28-42(14-12-25-68-59(67)83)58(82)69-46-20-17-40(18-21-46)36-86-61(85)74-33-43(49(66)35-74)34-76(60(84)73-30-38(3)87-39(4)31-73)55(62(5,6)7)57-71-56(47-29-45(64)19-22-48(47)65)72-77(57)32-41-13-11-15-44(63)27-41/h11,13,15,17-24,27,29,37-39,42-43,49,54-55H,8-10,12,14,16,25-26,28,30-36H2,1-7H3,(H,69,82)(H,70,79)(H3,67,68,83)/t38-,39+,42-,43+,49+,54+,55+/m1/s1. The lowest BCUT2D eigenvalue weighted by molar-refractivity contribution is -0.137. The molecule has 21 nitrogen and oxygen atoms in total. The summed E-state index contributed by atoms with van der Waals surface area (Å²) in [5.74, 6) is -6.26. The predicted molar refractivity (Wildman–Crippen MR) is 313 cm³/mol. The fourth-order valence-corrected chi connectivity index (χ4v) is 11.1. The van der Waals surface area contributed by atoms with Crippen molar-refractivity contribution >= 4 is 53.3 Å². The molecule has 3 aliphatic rings. The maximum atomic E-state index is 16.6. The van der Waals surface area contributed by atoms with E-state index >= 15 is 13.6 Å². The first-order valence-corrected chi connectivity index (χ1v) is 29.4. The number of hydrogen-bond acceptors (Lipinski definition) is 12. The zero-order valence-corrected chi connectivity index (χ0v) is 50.2.